The number of alkyl carbamates (subject to hydrolysis) is 1. The standard InChI is InChI=1S/C10H20NO2.C6H11NO2.Li/c1-5-6-7-8-11-9(12)13-10(2,3)4;1-3-7(4-2)5-6(8)9;/h1,5-8H2,2-4H3,(H,11,12);1-5H2,(H,8,9);/q-1;-2;+1. The van der Waals surface area contributed by atoms with E-state index in [1.807, 2.05) is 20.8 Å². The van der Waals surface area contributed by atoms with Gasteiger partial charge in [0.25, 0.3) is 0 Å². The van der Waals surface area contributed by atoms with Crippen molar-refractivity contribution in [2.24, 2.45) is 0 Å². The minimum Gasteiger partial charge on any atom is -0.480 e. The molecule has 2 N–H and O–H groups in total. The smallest absolute Gasteiger partial charge is 0.480 e. The first-order chi connectivity index (χ1) is 10.2. The molecular weight excluding hydrogens is 291 g/mol. The van der Waals surface area contributed by atoms with E-state index in [4.69, 9.17) is 9.84 Å². The first-order valence-corrected chi connectivity index (χ1v) is 7.45. The maximum Gasteiger partial charge on any atom is 1.00 e. The molecule has 0 saturated carbocycles. The molecule has 0 unspecified atom stereocenters. The summed E-state index contributed by atoms with van der Waals surface area (Å²) in [5.41, 5.74) is -0.406. The fourth-order valence-electron chi connectivity index (χ4n) is 1.27. The van der Waals surface area contributed by atoms with E-state index in [0.29, 0.717) is 19.6 Å². The van der Waals surface area contributed by atoms with Crippen LogP contribution >= 0.6 is 0 Å². The van der Waals surface area contributed by atoms with Crippen molar-refractivity contribution in [2.75, 3.05) is 26.2 Å². The van der Waals surface area contributed by atoms with Crippen LogP contribution in [0.2, 0.25) is 0 Å². The quantitative estimate of drug-likeness (QED) is 0.360. The molecule has 6 nitrogen and oxygen atoms in total. The summed E-state index contributed by atoms with van der Waals surface area (Å²) in [5.74, 6) is -0.831. The number of ether oxygens (including phenoxy) is 1. The van der Waals surface area contributed by atoms with Crippen LogP contribution in [0.1, 0.15) is 40.0 Å². The minimum absolute atomic E-state index is 0. The first-order valence-electron chi connectivity index (χ1n) is 7.45. The van der Waals surface area contributed by atoms with Gasteiger partial charge in [-0.1, -0.05) is 6.42 Å². The summed E-state index contributed by atoms with van der Waals surface area (Å²) in [4.78, 5) is 22.7. The van der Waals surface area contributed by atoms with Gasteiger partial charge < -0.3 is 40.8 Å². The van der Waals surface area contributed by atoms with E-state index in [9.17, 15) is 9.59 Å². The summed E-state index contributed by atoms with van der Waals surface area (Å²) < 4.78 is 5.05. The van der Waals surface area contributed by atoms with Crippen molar-refractivity contribution >= 4 is 12.1 Å². The van der Waals surface area contributed by atoms with Gasteiger partial charge in [-0.2, -0.15) is 6.42 Å². The molecule has 0 fully saturated rings. The van der Waals surface area contributed by atoms with Crippen molar-refractivity contribution in [3.05, 3.63) is 20.8 Å². The van der Waals surface area contributed by atoms with Crippen molar-refractivity contribution in [2.45, 2.75) is 45.6 Å². The van der Waals surface area contributed by atoms with Crippen molar-refractivity contribution in [1.29, 1.82) is 0 Å². The summed E-state index contributed by atoms with van der Waals surface area (Å²) >= 11 is 0. The SMILES string of the molecule is [CH2-]CCCCNC(=O)OC(C)(C)C.[CH2-]CN(C[CH2-])CC(=O)O.[Li+]. The zero-order valence-corrected chi connectivity index (χ0v) is 15.2. The molecular formula is C16H31LiN2O4-2. The molecule has 0 bridgehead atoms. The van der Waals surface area contributed by atoms with Crippen LogP contribution < -0.4 is 24.2 Å². The van der Waals surface area contributed by atoms with Crippen LogP contribution in [0.5, 0.6) is 0 Å². The van der Waals surface area contributed by atoms with Crippen LogP contribution in [-0.4, -0.2) is 53.8 Å². The van der Waals surface area contributed by atoms with E-state index >= 15 is 0 Å². The Hall–Kier alpha value is -0.703. The number of hydrogen-bond donors (Lipinski definition) is 2. The summed E-state index contributed by atoms with van der Waals surface area (Å²) in [5, 5.41) is 10.9. The van der Waals surface area contributed by atoms with E-state index in [2.05, 4.69) is 26.1 Å². The van der Waals surface area contributed by atoms with Crippen LogP contribution in [0.4, 0.5) is 4.79 Å². The van der Waals surface area contributed by atoms with Crippen LogP contribution in [0.25, 0.3) is 0 Å². The topological polar surface area (TPSA) is 78.9 Å². The molecule has 0 aliphatic rings. The largest absolute Gasteiger partial charge is 1.00 e. The van der Waals surface area contributed by atoms with Gasteiger partial charge >= 0.3 is 30.9 Å². The number of carboxylic acid groups (broad SMARTS) is 1. The van der Waals surface area contributed by atoms with Crippen LogP contribution in [0, 0.1) is 20.8 Å². The number of carboxylic acids is 1. The second-order valence-corrected chi connectivity index (χ2v) is 5.66. The molecule has 0 spiro atoms. The molecule has 0 atom stereocenters. The molecule has 0 heterocycles. The summed E-state index contributed by atoms with van der Waals surface area (Å²) in [6.07, 6.45) is 2.57. The Morgan fingerprint density at radius 3 is 1.96 bits per heavy atom. The maximum absolute atomic E-state index is 11.1. The number of hydrogen-bond acceptors (Lipinski definition) is 4. The first kappa shape index (κ1) is 27.2. The Balaban J connectivity index is -0.000000354. The van der Waals surface area contributed by atoms with Crippen molar-refractivity contribution < 1.29 is 38.3 Å². The number of aliphatic carboxylic acids is 1. The molecule has 0 aromatic heterocycles. The van der Waals surface area contributed by atoms with Crippen molar-refractivity contribution in [3.63, 3.8) is 0 Å². The van der Waals surface area contributed by atoms with Gasteiger partial charge in [0.2, 0.25) is 0 Å². The van der Waals surface area contributed by atoms with Gasteiger partial charge in [0.05, 0.1) is 6.54 Å². The van der Waals surface area contributed by atoms with Crippen LogP contribution in [0.15, 0.2) is 0 Å². The Kier molecular flexibility index (Phi) is 19.1. The predicted octanol–water partition coefficient (Wildman–Crippen LogP) is -0.439. The van der Waals surface area contributed by atoms with Gasteiger partial charge in [-0.25, -0.2) is 4.79 Å². The van der Waals surface area contributed by atoms with Gasteiger partial charge in [0.1, 0.15) is 5.60 Å². The summed E-state index contributed by atoms with van der Waals surface area (Å²) in [7, 11) is 0. The molecule has 0 radical (unpaired) electrons. The molecule has 23 heavy (non-hydrogen) atoms. The van der Waals surface area contributed by atoms with E-state index < -0.39 is 11.6 Å². The number of nitrogens with one attached hydrogen (secondary N) is 1. The maximum atomic E-state index is 11.1. The third-order valence-electron chi connectivity index (χ3n) is 2.34. The summed E-state index contributed by atoms with van der Waals surface area (Å²) in [6.45, 7) is 18.0. The van der Waals surface area contributed by atoms with E-state index in [1.54, 1.807) is 4.90 Å². The fourth-order valence-corrected chi connectivity index (χ4v) is 1.27. The normalized spacial score (nSPS) is 10.2. The van der Waals surface area contributed by atoms with E-state index in [1.165, 1.54) is 0 Å². The Bertz CT molecular complexity index is 303. The van der Waals surface area contributed by atoms with E-state index in [0.717, 1.165) is 19.3 Å². The fraction of sp³-hybridized carbons (Fsp3) is 0.688. The second-order valence-electron chi connectivity index (χ2n) is 5.66. The van der Waals surface area contributed by atoms with Crippen LogP contribution in [-0.2, 0) is 9.53 Å². The van der Waals surface area contributed by atoms with Crippen molar-refractivity contribution in [1.82, 2.24) is 10.2 Å². The zero-order valence-electron chi connectivity index (χ0n) is 15.2. The third-order valence-corrected chi connectivity index (χ3v) is 2.34. The third kappa shape index (κ3) is 23.7. The monoisotopic (exact) mass is 322 g/mol. The molecule has 0 aliphatic carbocycles. The molecule has 7 heteroatoms. The number of nitrogens with zero attached hydrogens (tertiary/aromatic N) is 1. The molecule has 0 rings (SSSR count). The number of carbonyl (C=O) groups is 2. The van der Waals surface area contributed by atoms with Gasteiger partial charge in [0, 0.05) is 6.54 Å². The number of amides is 1. The molecule has 0 saturated heterocycles. The number of carbonyl (C=O) groups excluding carboxylic acids is 1. The Morgan fingerprint density at radius 1 is 1.13 bits per heavy atom. The van der Waals surface area contributed by atoms with Gasteiger partial charge in [0.15, 0.2) is 0 Å². The number of rotatable bonds is 8. The predicted molar refractivity (Wildman–Crippen MR) is 88.2 cm³/mol. The van der Waals surface area contributed by atoms with Gasteiger partial charge in [-0.05, 0) is 27.2 Å². The molecule has 0 aromatic carbocycles. The average Bonchev–Trinajstić information content (AvgIpc) is 2.39. The second kappa shape index (κ2) is 16.2. The van der Waals surface area contributed by atoms with Crippen molar-refractivity contribution in [3.8, 4) is 0 Å². The van der Waals surface area contributed by atoms with E-state index in [-0.39, 0.29) is 31.5 Å². The zero-order chi connectivity index (χ0) is 17.6. The average molecular weight is 322 g/mol. The minimum atomic E-state index is -0.831. The van der Waals surface area contributed by atoms with Crippen LogP contribution in [0.3, 0.4) is 0 Å². The summed E-state index contributed by atoms with van der Waals surface area (Å²) in [6, 6.07) is 0. The Morgan fingerprint density at radius 2 is 1.65 bits per heavy atom. The molecule has 0 aromatic rings. The molecule has 1 amide bonds. The molecule has 0 aliphatic heterocycles. The molecule has 132 valence electrons. The number of unbranched alkanes of at least 4 members (excludes halogenated alkanes) is 2. The van der Waals surface area contributed by atoms with Gasteiger partial charge in [-0.15, -0.1) is 13.1 Å². The van der Waals surface area contributed by atoms with Gasteiger partial charge in [-0.3, -0.25) is 4.79 Å². The Labute approximate surface area is 153 Å².